The molecule has 214 valence electrons. The average Bonchev–Trinajstić information content (AvgIpc) is 3.15. The van der Waals surface area contributed by atoms with Crippen molar-refractivity contribution < 1.29 is 0 Å². The second-order valence-electron chi connectivity index (χ2n) is 11.4. The zero-order chi connectivity index (χ0) is 30.5. The van der Waals surface area contributed by atoms with Gasteiger partial charge in [0.25, 0.3) is 0 Å². The summed E-state index contributed by atoms with van der Waals surface area (Å²) in [5, 5.41) is 6.74. The van der Waals surface area contributed by atoms with E-state index >= 15 is 0 Å². The monoisotopic (exact) mass is 586 g/mol. The van der Waals surface area contributed by atoms with Gasteiger partial charge in [-0.3, -0.25) is 4.98 Å². The Hall–Kier alpha value is -6.26. The van der Waals surface area contributed by atoms with E-state index < -0.39 is 0 Å². The first-order valence-corrected chi connectivity index (χ1v) is 15.4. The van der Waals surface area contributed by atoms with E-state index in [9.17, 15) is 0 Å². The maximum atomic E-state index is 5.40. The summed E-state index contributed by atoms with van der Waals surface area (Å²) in [5.41, 5.74) is 8.83. The molecule has 0 saturated heterocycles. The van der Waals surface area contributed by atoms with E-state index in [1.807, 2.05) is 48.7 Å². The zero-order valence-corrected chi connectivity index (χ0v) is 24.8. The number of hydrogen-bond donors (Lipinski definition) is 0. The Morgan fingerprint density at radius 3 is 1.52 bits per heavy atom. The van der Waals surface area contributed by atoms with Crippen LogP contribution in [0, 0.1) is 0 Å². The van der Waals surface area contributed by atoms with Gasteiger partial charge in [0.05, 0.1) is 28.1 Å². The van der Waals surface area contributed by atoms with Gasteiger partial charge in [0, 0.05) is 55.4 Å². The molecule has 0 spiro atoms. The van der Waals surface area contributed by atoms with Crippen LogP contribution < -0.4 is 0 Å². The lowest BCUT2D eigenvalue weighted by molar-refractivity contribution is 1.18. The van der Waals surface area contributed by atoms with Crippen molar-refractivity contribution >= 4 is 43.4 Å². The number of fused-ring (bicyclic) bond motifs is 8. The van der Waals surface area contributed by atoms with Crippen LogP contribution in [-0.2, 0) is 0 Å². The zero-order valence-electron chi connectivity index (χ0n) is 24.8. The molecule has 0 aliphatic rings. The lowest BCUT2D eigenvalue weighted by Crippen LogP contribution is -1.96. The van der Waals surface area contributed by atoms with E-state index in [2.05, 4.69) is 109 Å². The molecule has 9 rings (SSSR count). The molecule has 4 heteroatoms. The Morgan fingerprint density at radius 1 is 0.348 bits per heavy atom. The van der Waals surface area contributed by atoms with Crippen molar-refractivity contribution in [1.82, 2.24) is 19.9 Å². The van der Waals surface area contributed by atoms with Gasteiger partial charge in [0.2, 0.25) is 0 Å². The van der Waals surface area contributed by atoms with Gasteiger partial charge in [-0.15, -0.1) is 0 Å². The van der Waals surface area contributed by atoms with Crippen molar-refractivity contribution in [3.63, 3.8) is 0 Å². The van der Waals surface area contributed by atoms with Crippen molar-refractivity contribution in [2.24, 2.45) is 0 Å². The van der Waals surface area contributed by atoms with Gasteiger partial charge < -0.3 is 0 Å². The largest absolute Gasteiger partial charge is 0.256 e. The van der Waals surface area contributed by atoms with Crippen LogP contribution in [0.3, 0.4) is 0 Å². The molecule has 9 aromatic rings. The summed E-state index contributed by atoms with van der Waals surface area (Å²) in [5.74, 6) is 0.688. The first-order chi connectivity index (χ1) is 22.8. The van der Waals surface area contributed by atoms with E-state index in [1.54, 1.807) is 0 Å². The molecule has 0 radical (unpaired) electrons. The van der Waals surface area contributed by atoms with Crippen LogP contribution in [0.25, 0.3) is 88.5 Å². The molecule has 4 nitrogen and oxygen atoms in total. The smallest absolute Gasteiger partial charge is 0.160 e. The third-order valence-electron chi connectivity index (χ3n) is 8.71. The SMILES string of the molecule is c1ccc(-c2cc(-c3ccccc3)nc(-c3ccc(-c4nc5c6ccccc6c6ncccc6c5c5ccccc45)cc3)n2)cc1. The highest BCUT2D eigenvalue weighted by atomic mass is 14.9. The van der Waals surface area contributed by atoms with Gasteiger partial charge in [-0.25, -0.2) is 15.0 Å². The van der Waals surface area contributed by atoms with Crippen molar-refractivity contribution in [3.05, 3.63) is 158 Å². The summed E-state index contributed by atoms with van der Waals surface area (Å²) in [6.07, 6.45) is 1.87. The van der Waals surface area contributed by atoms with E-state index in [0.29, 0.717) is 5.82 Å². The second kappa shape index (κ2) is 10.7. The minimum Gasteiger partial charge on any atom is -0.256 e. The molecule has 0 unspecified atom stereocenters. The van der Waals surface area contributed by atoms with Gasteiger partial charge in [-0.2, -0.15) is 0 Å². The van der Waals surface area contributed by atoms with Crippen LogP contribution in [0.15, 0.2) is 158 Å². The van der Waals surface area contributed by atoms with Crippen LogP contribution in [0.5, 0.6) is 0 Å². The lowest BCUT2D eigenvalue weighted by Gasteiger charge is -2.15. The maximum Gasteiger partial charge on any atom is 0.160 e. The molecule has 0 aliphatic heterocycles. The fraction of sp³-hybridized carbons (Fsp3) is 0. The van der Waals surface area contributed by atoms with E-state index in [1.165, 1.54) is 5.39 Å². The Balaban J connectivity index is 1.23. The summed E-state index contributed by atoms with van der Waals surface area (Å²) in [4.78, 5) is 20.2. The molecule has 0 aliphatic carbocycles. The van der Waals surface area contributed by atoms with Crippen LogP contribution >= 0.6 is 0 Å². The molecule has 0 saturated carbocycles. The minimum atomic E-state index is 0.688. The highest BCUT2D eigenvalue weighted by Gasteiger charge is 2.17. The average molecular weight is 587 g/mol. The summed E-state index contributed by atoms with van der Waals surface area (Å²) in [7, 11) is 0. The molecule has 46 heavy (non-hydrogen) atoms. The van der Waals surface area contributed by atoms with E-state index in [0.717, 1.165) is 77.3 Å². The first kappa shape index (κ1) is 26.2. The quantitative estimate of drug-likeness (QED) is 0.193. The predicted molar refractivity (Wildman–Crippen MR) is 189 cm³/mol. The third-order valence-corrected chi connectivity index (χ3v) is 8.71. The number of benzene rings is 6. The van der Waals surface area contributed by atoms with Crippen molar-refractivity contribution in [3.8, 4) is 45.2 Å². The van der Waals surface area contributed by atoms with Crippen molar-refractivity contribution in [2.75, 3.05) is 0 Å². The van der Waals surface area contributed by atoms with Crippen LogP contribution in [0.1, 0.15) is 0 Å². The number of pyridine rings is 2. The normalized spacial score (nSPS) is 11.5. The molecule has 0 atom stereocenters. The van der Waals surface area contributed by atoms with Crippen LogP contribution in [0.2, 0.25) is 0 Å². The standard InChI is InChI=1S/C42H26N4/c1-3-12-27(13-4-1)36-26-37(28-14-5-2-6-15-28)45-42(44-36)30-23-21-29(22-24-30)39-32-17-8-7-16-31(32)38-35-20-11-25-43-40(35)33-18-9-10-19-34(33)41(38)46-39/h1-26H. The molecular weight excluding hydrogens is 560 g/mol. The second-order valence-corrected chi connectivity index (χ2v) is 11.4. The Bertz CT molecular complexity index is 2500. The van der Waals surface area contributed by atoms with Gasteiger partial charge in [-0.1, -0.05) is 140 Å². The number of hydrogen-bond acceptors (Lipinski definition) is 4. The Morgan fingerprint density at radius 2 is 0.870 bits per heavy atom. The molecule has 0 bridgehead atoms. The lowest BCUT2D eigenvalue weighted by atomic mass is 9.94. The molecule has 6 aromatic carbocycles. The Kier molecular flexibility index (Phi) is 6.10. The van der Waals surface area contributed by atoms with E-state index in [-0.39, 0.29) is 0 Å². The van der Waals surface area contributed by atoms with Gasteiger partial charge in [0.15, 0.2) is 5.82 Å². The predicted octanol–water partition coefficient (Wildman–Crippen LogP) is 10.5. The number of nitrogens with zero attached hydrogens (tertiary/aromatic N) is 4. The molecule has 3 heterocycles. The fourth-order valence-corrected chi connectivity index (χ4v) is 6.54. The highest BCUT2D eigenvalue weighted by Crippen LogP contribution is 2.40. The molecule has 3 aromatic heterocycles. The highest BCUT2D eigenvalue weighted by molar-refractivity contribution is 6.30. The van der Waals surface area contributed by atoms with Gasteiger partial charge in [0.1, 0.15) is 0 Å². The number of aromatic nitrogens is 4. The van der Waals surface area contributed by atoms with Crippen LogP contribution in [-0.4, -0.2) is 19.9 Å². The summed E-state index contributed by atoms with van der Waals surface area (Å²) < 4.78 is 0. The van der Waals surface area contributed by atoms with E-state index in [4.69, 9.17) is 19.9 Å². The topological polar surface area (TPSA) is 51.6 Å². The summed E-state index contributed by atoms with van der Waals surface area (Å²) in [6, 6.07) is 52.3. The molecule has 0 amide bonds. The molecule has 0 fully saturated rings. The minimum absolute atomic E-state index is 0.688. The van der Waals surface area contributed by atoms with Gasteiger partial charge >= 0.3 is 0 Å². The molecule has 0 N–H and O–H groups in total. The van der Waals surface area contributed by atoms with Crippen molar-refractivity contribution in [2.45, 2.75) is 0 Å². The first-order valence-electron chi connectivity index (χ1n) is 15.4. The molecular formula is C42H26N4. The summed E-state index contributed by atoms with van der Waals surface area (Å²) in [6.45, 7) is 0. The van der Waals surface area contributed by atoms with Crippen LogP contribution in [0.4, 0.5) is 0 Å². The fourth-order valence-electron chi connectivity index (χ4n) is 6.54. The number of rotatable bonds is 4. The van der Waals surface area contributed by atoms with Crippen molar-refractivity contribution in [1.29, 1.82) is 0 Å². The Labute approximate surface area is 265 Å². The third kappa shape index (κ3) is 4.31. The van der Waals surface area contributed by atoms with Gasteiger partial charge in [-0.05, 0) is 17.5 Å². The summed E-state index contributed by atoms with van der Waals surface area (Å²) >= 11 is 0. The maximum absolute atomic E-state index is 5.40.